The first-order valence-corrected chi connectivity index (χ1v) is 6.67. The van der Waals surface area contributed by atoms with Crippen LogP contribution in [-0.2, 0) is 6.42 Å². The van der Waals surface area contributed by atoms with Crippen molar-refractivity contribution >= 4 is 5.69 Å². The first-order chi connectivity index (χ1) is 9.71. The second-order valence-corrected chi connectivity index (χ2v) is 4.82. The van der Waals surface area contributed by atoms with E-state index in [4.69, 9.17) is 11.2 Å². The lowest BCUT2D eigenvalue weighted by molar-refractivity contribution is 0.414. The van der Waals surface area contributed by atoms with Crippen LogP contribution < -0.4 is 10.1 Å². The summed E-state index contributed by atoms with van der Waals surface area (Å²) in [6.07, 6.45) is 6.36. The highest BCUT2D eigenvalue weighted by atomic mass is 16.5. The van der Waals surface area contributed by atoms with Crippen LogP contribution >= 0.6 is 0 Å². The van der Waals surface area contributed by atoms with Gasteiger partial charge in [0.1, 0.15) is 5.75 Å². The smallest absolute Gasteiger partial charge is 0.118 e. The Hall–Kier alpha value is -2.40. The monoisotopic (exact) mass is 265 g/mol. The lowest BCUT2D eigenvalue weighted by Gasteiger charge is -2.16. The third-order valence-corrected chi connectivity index (χ3v) is 3.14. The molecule has 0 fully saturated rings. The summed E-state index contributed by atoms with van der Waals surface area (Å²) in [7, 11) is 1.68. The summed E-state index contributed by atoms with van der Waals surface area (Å²) in [4.78, 5) is 0. The van der Waals surface area contributed by atoms with Crippen LogP contribution in [-0.4, -0.2) is 13.2 Å². The van der Waals surface area contributed by atoms with Crippen molar-refractivity contribution in [1.29, 1.82) is 0 Å². The number of rotatable bonds is 5. The molecule has 0 aliphatic heterocycles. The van der Waals surface area contributed by atoms with Gasteiger partial charge in [0.25, 0.3) is 0 Å². The van der Waals surface area contributed by atoms with E-state index in [1.54, 1.807) is 7.11 Å². The Morgan fingerprint density at radius 1 is 1.20 bits per heavy atom. The molecule has 2 heteroatoms. The van der Waals surface area contributed by atoms with Gasteiger partial charge in [-0.15, -0.1) is 6.42 Å². The number of terminal acetylenes is 1. The van der Waals surface area contributed by atoms with Gasteiger partial charge in [-0.3, -0.25) is 0 Å². The van der Waals surface area contributed by atoms with Gasteiger partial charge in [0.15, 0.2) is 0 Å². The van der Waals surface area contributed by atoms with Crippen LogP contribution in [0.1, 0.15) is 18.1 Å². The minimum atomic E-state index is 0.330. The molecule has 0 saturated carbocycles. The summed E-state index contributed by atoms with van der Waals surface area (Å²) < 4.78 is 5.16. The Morgan fingerprint density at radius 2 is 1.95 bits per heavy atom. The summed E-state index contributed by atoms with van der Waals surface area (Å²) >= 11 is 0. The molecular weight excluding hydrogens is 246 g/mol. The third-order valence-electron chi connectivity index (χ3n) is 3.14. The van der Waals surface area contributed by atoms with Gasteiger partial charge in [-0.05, 0) is 49.2 Å². The van der Waals surface area contributed by atoms with Crippen molar-refractivity contribution in [1.82, 2.24) is 0 Å². The Bertz CT molecular complexity index is 596. The Kier molecular flexibility index (Phi) is 4.68. The van der Waals surface area contributed by atoms with Crippen molar-refractivity contribution in [2.45, 2.75) is 19.4 Å². The molecule has 0 bridgehead atoms. The highest BCUT2D eigenvalue weighted by molar-refractivity contribution is 5.50. The highest BCUT2D eigenvalue weighted by Gasteiger charge is 2.04. The molecule has 1 N–H and O–H groups in total. The van der Waals surface area contributed by atoms with Crippen LogP contribution in [0.5, 0.6) is 5.75 Å². The predicted molar refractivity (Wildman–Crippen MR) is 84.2 cm³/mol. The maximum atomic E-state index is 5.41. The number of benzene rings is 2. The fraction of sp³-hybridized carbons (Fsp3) is 0.222. The van der Waals surface area contributed by atoms with Gasteiger partial charge in [0.05, 0.1) is 7.11 Å². The summed E-state index contributed by atoms with van der Waals surface area (Å²) in [5.74, 6) is 3.53. The average Bonchev–Trinajstić information content (AvgIpc) is 2.48. The minimum absolute atomic E-state index is 0.330. The van der Waals surface area contributed by atoms with Gasteiger partial charge in [-0.1, -0.05) is 24.1 Å². The SMILES string of the molecule is C#Cc1cccc(NC(C)Cc2ccc(OC)cc2)c1. The number of nitrogens with one attached hydrogen (secondary N) is 1. The maximum absolute atomic E-state index is 5.41. The molecule has 0 aromatic heterocycles. The largest absolute Gasteiger partial charge is 0.497 e. The third kappa shape index (κ3) is 3.80. The summed E-state index contributed by atoms with van der Waals surface area (Å²) in [6.45, 7) is 2.16. The Labute approximate surface area is 120 Å². The molecule has 0 radical (unpaired) electrons. The molecule has 2 rings (SSSR count). The van der Waals surface area contributed by atoms with Crippen LogP contribution in [0.4, 0.5) is 5.69 Å². The Balaban J connectivity index is 1.97. The number of hydrogen-bond acceptors (Lipinski definition) is 2. The van der Waals surface area contributed by atoms with E-state index < -0.39 is 0 Å². The molecule has 0 saturated heterocycles. The van der Waals surface area contributed by atoms with E-state index >= 15 is 0 Å². The zero-order valence-electron chi connectivity index (χ0n) is 11.9. The van der Waals surface area contributed by atoms with Crippen molar-refractivity contribution in [3.8, 4) is 18.1 Å². The van der Waals surface area contributed by atoms with Gasteiger partial charge < -0.3 is 10.1 Å². The summed E-state index contributed by atoms with van der Waals surface area (Å²) in [6, 6.07) is 16.4. The number of hydrogen-bond donors (Lipinski definition) is 1. The molecule has 0 heterocycles. The molecule has 20 heavy (non-hydrogen) atoms. The van der Waals surface area contributed by atoms with Crippen LogP contribution in [0.25, 0.3) is 0 Å². The van der Waals surface area contributed by atoms with Crippen molar-refractivity contribution < 1.29 is 4.74 Å². The summed E-state index contributed by atoms with van der Waals surface area (Å²) in [5, 5.41) is 3.47. The normalized spacial score (nSPS) is 11.4. The van der Waals surface area contributed by atoms with Gasteiger partial charge in [-0.2, -0.15) is 0 Å². The second-order valence-electron chi connectivity index (χ2n) is 4.82. The van der Waals surface area contributed by atoms with Crippen molar-refractivity contribution in [2.24, 2.45) is 0 Å². The minimum Gasteiger partial charge on any atom is -0.497 e. The van der Waals surface area contributed by atoms with Crippen LogP contribution in [0.15, 0.2) is 48.5 Å². The molecule has 0 aliphatic carbocycles. The van der Waals surface area contributed by atoms with Crippen LogP contribution in [0.2, 0.25) is 0 Å². The number of anilines is 1. The summed E-state index contributed by atoms with van der Waals surface area (Å²) in [5.41, 5.74) is 3.23. The molecule has 102 valence electrons. The number of methoxy groups -OCH3 is 1. The molecule has 0 amide bonds. The first kappa shape index (κ1) is 14.0. The topological polar surface area (TPSA) is 21.3 Å². The fourth-order valence-corrected chi connectivity index (χ4v) is 2.15. The molecule has 2 nitrogen and oxygen atoms in total. The highest BCUT2D eigenvalue weighted by Crippen LogP contribution is 2.15. The lowest BCUT2D eigenvalue weighted by atomic mass is 10.1. The van der Waals surface area contributed by atoms with Gasteiger partial charge >= 0.3 is 0 Å². The Morgan fingerprint density at radius 3 is 2.60 bits per heavy atom. The van der Waals surface area contributed by atoms with Crippen LogP contribution in [0.3, 0.4) is 0 Å². The van der Waals surface area contributed by atoms with E-state index in [0.29, 0.717) is 6.04 Å². The average molecular weight is 265 g/mol. The zero-order chi connectivity index (χ0) is 14.4. The van der Waals surface area contributed by atoms with Gasteiger partial charge in [0, 0.05) is 17.3 Å². The van der Waals surface area contributed by atoms with E-state index in [1.807, 2.05) is 36.4 Å². The van der Waals surface area contributed by atoms with E-state index in [9.17, 15) is 0 Å². The van der Waals surface area contributed by atoms with E-state index in [-0.39, 0.29) is 0 Å². The molecule has 0 spiro atoms. The van der Waals surface area contributed by atoms with Crippen molar-refractivity contribution in [3.05, 3.63) is 59.7 Å². The van der Waals surface area contributed by atoms with Crippen molar-refractivity contribution in [2.75, 3.05) is 12.4 Å². The molecule has 1 atom stereocenters. The molecular formula is C18H19NO. The van der Waals surface area contributed by atoms with Gasteiger partial charge in [0.2, 0.25) is 0 Å². The van der Waals surface area contributed by atoms with Gasteiger partial charge in [-0.25, -0.2) is 0 Å². The zero-order valence-corrected chi connectivity index (χ0v) is 11.9. The fourth-order valence-electron chi connectivity index (χ4n) is 2.15. The van der Waals surface area contributed by atoms with E-state index in [1.165, 1.54) is 5.56 Å². The molecule has 0 aliphatic rings. The first-order valence-electron chi connectivity index (χ1n) is 6.67. The van der Waals surface area contributed by atoms with Crippen LogP contribution in [0, 0.1) is 12.3 Å². The second kappa shape index (κ2) is 6.68. The standard InChI is InChI=1S/C18H19NO/c1-4-15-6-5-7-17(13-15)19-14(2)12-16-8-10-18(20-3)11-9-16/h1,5-11,13-14,19H,12H2,2-3H3. The predicted octanol–water partition coefficient (Wildman–Crippen LogP) is 3.72. The quantitative estimate of drug-likeness (QED) is 0.832. The maximum Gasteiger partial charge on any atom is 0.118 e. The lowest BCUT2D eigenvalue weighted by Crippen LogP contribution is -2.18. The molecule has 1 unspecified atom stereocenters. The van der Waals surface area contributed by atoms with Crippen molar-refractivity contribution in [3.63, 3.8) is 0 Å². The molecule has 2 aromatic carbocycles. The van der Waals surface area contributed by atoms with E-state index in [2.05, 4.69) is 30.3 Å². The van der Waals surface area contributed by atoms with E-state index in [0.717, 1.165) is 23.4 Å². The molecule has 2 aromatic rings. The number of ether oxygens (including phenoxy) is 1.